The third-order valence-electron chi connectivity index (χ3n) is 5.36. The van der Waals surface area contributed by atoms with E-state index in [2.05, 4.69) is 15.4 Å². The number of carbonyl (C=O) groups excluding carboxylic acids is 2. The van der Waals surface area contributed by atoms with E-state index in [-0.39, 0.29) is 19.1 Å². The highest BCUT2D eigenvalue weighted by Crippen LogP contribution is 2.38. The van der Waals surface area contributed by atoms with E-state index in [0.29, 0.717) is 22.9 Å². The number of anilines is 2. The third-order valence-corrected chi connectivity index (χ3v) is 5.36. The monoisotopic (exact) mass is 431 g/mol. The number of amides is 1. The Kier molecular flexibility index (Phi) is 6.02. The number of hydrogen-bond donors (Lipinski definition) is 1. The van der Waals surface area contributed by atoms with Crippen molar-refractivity contribution in [3.63, 3.8) is 0 Å². The Morgan fingerprint density at radius 2 is 1.78 bits per heavy atom. The fraction of sp³-hybridized carbons (Fsp3) is 0.250. The maximum Gasteiger partial charge on any atom is 0.338 e. The maximum atomic E-state index is 13.0. The highest BCUT2D eigenvalue weighted by atomic mass is 16.5. The van der Waals surface area contributed by atoms with Crippen molar-refractivity contribution in [3.05, 3.63) is 83.3 Å². The number of nitrogens with zero attached hydrogens (tertiary/aromatic N) is 4. The van der Waals surface area contributed by atoms with Crippen LogP contribution in [0.15, 0.2) is 72.2 Å². The molecule has 1 aliphatic rings. The molecule has 32 heavy (non-hydrogen) atoms. The molecule has 2 heterocycles. The van der Waals surface area contributed by atoms with Crippen LogP contribution >= 0.6 is 0 Å². The van der Waals surface area contributed by atoms with Gasteiger partial charge in [-0.15, -0.1) is 0 Å². The number of fused-ring (bicyclic) bond motifs is 1. The Morgan fingerprint density at radius 3 is 2.47 bits per heavy atom. The molecule has 0 fully saturated rings. The molecule has 0 radical (unpaired) electrons. The second-order valence-corrected chi connectivity index (χ2v) is 7.54. The topological polar surface area (TPSA) is 89.3 Å². The van der Waals surface area contributed by atoms with Crippen LogP contribution in [0.25, 0.3) is 0 Å². The van der Waals surface area contributed by atoms with Gasteiger partial charge in [-0.3, -0.25) is 4.79 Å². The summed E-state index contributed by atoms with van der Waals surface area (Å²) in [7, 11) is 0. The minimum atomic E-state index is -0.496. The molecule has 0 aliphatic carbocycles. The van der Waals surface area contributed by atoms with Gasteiger partial charge in [0.2, 0.25) is 11.9 Å². The van der Waals surface area contributed by atoms with E-state index in [1.54, 1.807) is 23.4 Å². The molecule has 1 N–H and O–H groups in total. The van der Waals surface area contributed by atoms with E-state index in [0.717, 1.165) is 11.1 Å². The van der Waals surface area contributed by atoms with Crippen LogP contribution in [0.3, 0.4) is 0 Å². The third kappa shape index (κ3) is 4.12. The van der Waals surface area contributed by atoms with Crippen LogP contribution in [0, 0.1) is 6.92 Å². The predicted octanol–water partition coefficient (Wildman–Crippen LogP) is 3.47. The highest BCUT2D eigenvalue weighted by molar-refractivity contribution is 5.96. The molecule has 2 aromatic carbocycles. The summed E-state index contributed by atoms with van der Waals surface area (Å²) >= 11 is 0. The summed E-state index contributed by atoms with van der Waals surface area (Å²) in [6.45, 7) is 5.78. The van der Waals surface area contributed by atoms with Gasteiger partial charge in [-0.2, -0.15) is 10.1 Å². The van der Waals surface area contributed by atoms with Crippen LogP contribution in [0.2, 0.25) is 0 Å². The Morgan fingerprint density at radius 1 is 1.06 bits per heavy atom. The van der Waals surface area contributed by atoms with Crippen LogP contribution in [-0.4, -0.2) is 39.8 Å². The lowest BCUT2D eigenvalue weighted by atomic mass is 9.95. The van der Waals surface area contributed by atoms with Gasteiger partial charge in [-0.05, 0) is 38.5 Å². The first-order valence-corrected chi connectivity index (χ1v) is 10.5. The van der Waals surface area contributed by atoms with E-state index in [1.807, 2.05) is 61.5 Å². The summed E-state index contributed by atoms with van der Waals surface area (Å²) in [5, 5.41) is 7.28. The summed E-state index contributed by atoms with van der Waals surface area (Å²) in [4.78, 5) is 31.9. The van der Waals surface area contributed by atoms with Crippen molar-refractivity contribution in [2.24, 2.45) is 0 Å². The molecule has 1 atom stereocenters. The molecule has 4 rings (SSSR count). The van der Waals surface area contributed by atoms with Crippen molar-refractivity contribution in [1.29, 1.82) is 0 Å². The van der Waals surface area contributed by atoms with Crippen LogP contribution in [0.4, 0.5) is 11.6 Å². The first-order valence-electron chi connectivity index (χ1n) is 10.5. The van der Waals surface area contributed by atoms with E-state index >= 15 is 0 Å². The standard InChI is InChI=1S/C24H25N5O3/c1-4-32-23(31)21-17(3)28(14-20(30)27-19-12-10-16(2)11-13-19)24-25-15-26-29(24)22(21)18-8-6-5-7-9-18/h5-13,15,22H,4,14H2,1-3H3,(H,27,30)/t22-/m0/s1. The van der Waals surface area contributed by atoms with Gasteiger partial charge in [0.15, 0.2) is 0 Å². The molecule has 164 valence electrons. The van der Waals surface area contributed by atoms with Crippen LogP contribution in [-0.2, 0) is 14.3 Å². The molecule has 1 aromatic heterocycles. The second kappa shape index (κ2) is 9.05. The summed E-state index contributed by atoms with van der Waals surface area (Å²) < 4.78 is 7.03. The molecule has 1 amide bonds. The number of ether oxygens (including phenoxy) is 1. The number of nitrogens with one attached hydrogen (secondary N) is 1. The van der Waals surface area contributed by atoms with Gasteiger partial charge in [0.25, 0.3) is 0 Å². The number of aryl methyl sites for hydroxylation is 1. The Bertz CT molecular complexity index is 1150. The highest BCUT2D eigenvalue weighted by Gasteiger charge is 2.38. The Labute approximate surface area is 186 Å². The first-order chi connectivity index (χ1) is 15.5. The van der Waals surface area contributed by atoms with Gasteiger partial charge in [0.05, 0.1) is 12.2 Å². The number of esters is 1. The predicted molar refractivity (Wildman–Crippen MR) is 121 cm³/mol. The second-order valence-electron chi connectivity index (χ2n) is 7.54. The SMILES string of the molecule is CCOC(=O)C1=C(C)N(CC(=O)Nc2ccc(C)cc2)c2ncnn2[C@H]1c1ccccc1. The Hall–Kier alpha value is -3.94. The summed E-state index contributed by atoms with van der Waals surface area (Å²) in [5.74, 6) is -0.184. The van der Waals surface area contributed by atoms with E-state index < -0.39 is 12.0 Å². The van der Waals surface area contributed by atoms with Crippen molar-refractivity contribution in [2.75, 3.05) is 23.4 Å². The van der Waals surface area contributed by atoms with Crippen molar-refractivity contribution in [3.8, 4) is 0 Å². The van der Waals surface area contributed by atoms with Crippen LogP contribution < -0.4 is 10.2 Å². The number of benzene rings is 2. The van der Waals surface area contributed by atoms with E-state index in [4.69, 9.17) is 4.74 Å². The van der Waals surface area contributed by atoms with Gasteiger partial charge in [0.1, 0.15) is 18.9 Å². The molecule has 0 saturated carbocycles. The molecule has 0 saturated heterocycles. The minimum Gasteiger partial charge on any atom is -0.463 e. The summed E-state index contributed by atoms with van der Waals surface area (Å²) in [6.07, 6.45) is 1.43. The average molecular weight is 431 g/mol. The van der Waals surface area contributed by atoms with E-state index in [9.17, 15) is 9.59 Å². The molecule has 3 aromatic rings. The molecule has 0 bridgehead atoms. The zero-order valence-electron chi connectivity index (χ0n) is 18.3. The summed E-state index contributed by atoms with van der Waals surface area (Å²) in [5.41, 5.74) is 3.73. The average Bonchev–Trinajstić information content (AvgIpc) is 3.27. The normalized spacial score (nSPS) is 15.3. The molecule has 0 spiro atoms. The molecule has 8 nitrogen and oxygen atoms in total. The lowest BCUT2D eigenvalue weighted by molar-refractivity contribution is -0.139. The fourth-order valence-corrected chi connectivity index (χ4v) is 3.82. The van der Waals surface area contributed by atoms with Gasteiger partial charge in [-0.25, -0.2) is 9.48 Å². The van der Waals surface area contributed by atoms with Gasteiger partial charge >= 0.3 is 5.97 Å². The zero-order chi connectivity index (χ0) is 22.7. The molecular formula is C24H25N5O3. The minimum absolute atomic E-state index is 0.0250. The van der Waals surface area contributed by atoms with Gasteiger partial charge < -0.3 is 15.0 Å². The molecule has 0 unspecified atom stereocenters. The number of carbonyl (C=O) groups is 2. The summed E-state index contributed by atoms with van der Waals surface area (Å²) in [6, 6.07) is 16.7. The van der Waals surface area contributed by atoms with Crippen molar-refractivity contribution in [2.45, 2.75) is 26.8 Å². The number of hydrogen-bond acceptors (Lipinski definition) is 6. The van der Waals surface area contributed by atoms with Crippen molar-refractivity contribution >= 4 is 23.5 Å². The largest absolute Gasteiger partial charge is 0.463 e. The van der Waals surface area contributed by atoms with Crippen LogP contribution in [0.5, 0.6) is 0 Å². The number of rotatable bonds is 6. The number of allylic oxidation sites excluding steroid dienone is 1. The van der Waals surface area contributed by atoms with Gasteiger partial charge in [-0.1, -0.05) is 48.0 Å². The van der Waals surface area contributed by atoms with Crippen molar-refractivity contribution in [1.82, 2.24) is 14.8 Å². The zero-order valence-corrected chi connectivity index (χ0v) is 18.3. The van der Waals surface area contributed by atoms with Crippen LogP contribution in [0.1, 0.15) is 31.0 Å². The number of aromatic nitrogens is 3. The molecular weight excluding hydrogens is 406 g/mol. The quantitative estimate of drug-likeness (QED) is 0.601. The molecule has 1 aliphatic heterocycles. The fourth-order valence-electron chi connectivity index (χ4n) is 3.82. The Balaban J connectivity index is 1.71. The lowest BCUT2D eigenvalue weighted by Gasteiger charge is -2.35. The van der Waals surface area contributed by atoms with E-state index in [1.165, 1.54) is 6.33 Å². The first kappa shape index (κ1) is 21.3. The van der Waals surface area contributed by atoms with Crippen molar-refractivity contribution < 1.29 is 14.3 Å². The van der Waals surface area contributed by atoms with Gasteiger partial charge in [0, 0.05) is 11.4 Å². The molecule has 8 heteroatoms. The lowest BCUT2D eigenvalue weighted by Crippen LogP contribution is -2.40. The smallest absolute Gasteiger partial charge is 0.338 e. The maximum absolute atomic E-state index is 13.0.